The van der Waals surface area contributed by atoms with E-state index < -0.39 is 23.7 Å². The van der Waals surface area contributed by atoms with Gasteiger partial charge in [0.2, 0.25) is 0 Å². The van der Waals surface area contributed by atoms with Crippen LogP contribution in [-0.2, 0) is 19.1 Å². The summed E-state index contributed by atoms with van der Waals surface area (Å²) >= 11 is 0. The molecular formula is C16H20F2O4. The Bertz CT molecular complexity index is 497. The number of ether oxygens (including phenoxy) is 2. The first-order chi connectivity index (χ1) is 10.5. The Kier molecular flexibility index (Phi) is 7.49. The van der Waals surface area contributed by atoms with Gasteiger partial charge in [0.25, 0.3) is 0 Å². The van der Waals surface area contributed by atoms with E-state index in [0.29, 0.717) is 6.61 Å². The molecule has 22 heavy (non-hydrogen) atoms. The molecule has 0 heterocycles. The molecule has 0 N–H and O–H groups in total. The molecule has 0 aliphatic heterocycles. The molecule has 0 aromatic heterocycles. The lowest BCUT2D eigenvalue weighted by atomic mass is 10.1. The third-order valence-electron chi connectivity index (χ3n) is 2.94. The van der Waals surface area contributed by atoms with Gasteiger partial charge in [-0.1, -0.05) is 13.0 Å². The maximum absolute atomic E-state index is 13.5. The molecule has 0 amide bonds. The highest BCUT2D eigenvalue weighted by atomic mass is 19.1. The number of benzene rings is 1. The third kappa shape index (κ3) is 5.79. The first-order valence-electron chi connectivity index (χ1n) is 7.24. The molecule has 0 aliphatic carbocycles. The summed E-state index contributed by atoms with van der Waals surface area (Å²) < 4.78 is 36.9. The highest BCUT2D eigenvalue weighted by Crippen LogP contribution is 2.23. The van der Waals surface area contributed by atoms with Gasteiger partial charge in [0, 0.05) is 12.8 Å². The second-order valence-electron chi connectivity index (χ2n) is 4.84. The SMILES string of the molecule is CCCOC(=O)CCCC(=O)OC(C)c1c(F)cccc1F. The molecule has 122 valence electrons. The van der Waals surface area contributed by atoms with E-state index in [4.69, 9.17) is 9.47 Å². The molecule has 0 radical (unpaired) electrons. The van der Waals surface area contributed by atoms with E-state index in [1.54, 1.807) is 0 Å². The molecule has 1 rings (SSSR count). The number of halogens is 2. The molecule has 6 heteroatoms. The molecule has 0 saturated heterocycles. The van der Waals surface area contributed by atoms with Crippen LogP contribution in [0.15, 0.2) is 18.2 Å². The maximum Gasteiger partial charge on any atom is 0.306 e. The van der Waals surface area contributed by atoms with Crippen LogP contribution in [0.3, 0.4) is 0 Å². The van der Waals surface area contributed by atoms with Gasteiger partial charge in [-0.2, -0.15) is 0 Å². The molecule has 1 unspecified atom stereocenters. The molecule has 0 saturated carbocycles. The second-order valence-corrected chi connectivity index (χ2v) is 4.84. The molecule has 1 aromatic rings. The summed E-state index contributed by atoms with van der Waals surface area (Å²) in [7, 11) is 0. The van der Waals surface area contributed by atoms with Crippen LogP contribution in [-0.4, -0.2) is 18.5 Å². The summed E-state index contributed by atoms with van der Waals surface area (Å²) in [5.41, 5.74) is -0.279. The largest absolute Gasteiger partial charge is 0.466 e. The Morgan fingerprint density at radius 2 is 1.73 bits per heavy atom. The highest BCUT2D eigenvalue weighted by molar-refractivity contribution is 5.72. The van der Waals surface area contributed by atoms with Crippen molar-refractivity contribution in [2.45, 2.75) is 45.6 Å². The van der Waals surface area contributed by atoms with Crippen LogP contribution >= 0.6 is 0 Å². The predicted molar refractivity (Wildman–Crippen MR) is 76.0 cm³/mol. The van der Waals surface area contributed by atoms with E-state index in [2.05, 4.69) is 0 Å². The van der Waals surface area contributed by atoms with Crippen molar-refractivity contribution in [3.8, 4) is 0 Å². The Morgan fingerprint density at radius 1 is 1.14 bits per heavy atom. The zero-order valence-electron chi connectivity index (χ0n) is 12.7. The minimum Gasteiger partial charge on any atom is -0.466 e. The summed E-state index contributed by atoms with van der Waals surface area (Å²) in [6.07, 6.45) is 0.0766. The zero-order valence-corrected chi connectivity index (χ0v) is 12.7. The van der Waals surface area contributed by atoms with Crippen molar-refractivity contribution in [1.82, 2.24) is 0 Å². The minimum absolute atomic E-state index is 0.0123. The van der Waals surface area contributed by atoms with Gasteiger partial charge < -0.3 is 9.47 Å². The van der Waals surface area contributed by atoms with E-state index in [-0.39, 0.29) is 30.8 Å². The normalized spacial score (nSPS) is 11.8. The summed E-state index contributed by atoms with van der Waals surface area (Å²) in [5, 5.41) is 0. The number of hydrogen-bond donors (Lipinski definition) is 0. The first-order valence-corrected chi connectivity index (χ1v) is 7.24. The Labute approximate surface area is 128 Å². The van der Waals surface area contributed by atoms with Crippen LogP contribution in [0.5, 0.6) is 0 Å². The molecule has 0 aliphatic rings. The Balaban J connectivity index is 2.40. The molecule has 1 aromatic carbocycles. The van der Waals surface area contributed by atoms with E-state index in [1.807, 2.05) is 6.92 Å². The van der Waals surface area contributed by atoms with Crippen molar-refractivity contribution in [2.75, 3.05) is 6.61 Å². The summed E-state index contributed by atoms with van der Waals surface area (Å²) in [5.74, 6) is -2.51. The topological polar surface area (TPSA) is 52.6 Å². The standard InChI is InChI=1S/C16H20F2O4/c1-3-10-21-14(19)8-5-9-15(20)22-11(2)16-12(17)6-4-7-13(16)18/h4,6-7,11H,3,5,8-10H2,1-2H3. The Morgan fingerprint density at radius 3 is 2.32 bits per heavy atom. The summed E-state index contributed by atoms with van der Waals surface area (Å²) in [6.45, 7) is 3.63. The average Bonchev–Trinajstić information content (AvgIpc) is 2.44. The van der Waals surface area contributed by atoms with Crippen LogP contribution < -0.4 is 0 Å². The van der Waals surface area contributed by atoms with Crippen molar-refractivity contribution in [2.24, 2.45) is 0 Å². The fraction of sp³-hybridized carbons (Fsp3) is 0.500. The molecule has 0 fully saturated rings. The number of hydrogen-bond acceptors (Lipinski definition) is 4. The van der Waals surface area contributed by atoms with Gasteiger partial charge in [-0.05, 0) is 31.9 Å². The van der Waals surface area contributed by atoms with Gasteiger partial charge in [-0.15, -0.1) is 0 Å². The van der Waals surface area contributed by atoms with Crippen LogP contribution in [0.4, 0.5) is 8.78 Å². The molecule has 0 bridgehead atoms. The summed E-state index contributed by atoms with van der Waals surface area (Å²) in [6, 6.07) is 3.45. The van der Waals surface area contributed by atoms with E-state index in [0.717, 1.165) is 18.6 Å². The number of carbonyl (C=O) groups is 2. The fourth-order valence-corrected chi connectivity index (χ4v) is 1.88. The monoisotopic (exact) mass is 314 g/mol. The minimum atomic E-state index is -1.03. The molecule has 4 nitrogen and oxygen atoms in total. The number of esters is 2. The van der Waals surface area contributed by atoms with Crippen LogP contribution in [0.25, 0.3) is 0 Å². The lowest BCUT2D eigenvalue weighted by Crippen LogP contribution is -2.12. The van der Waals surface area contributed by atoms with Crippen molar-refractivity contribution in [1.29, 1.82) is 0 Å². The average molecular weight is 314 g/mol. The molecule has 0 spiro atoms. The van der Waals surface area contributed by atoms with Crippen molar-refractivity contribution in [3.05, 3.63) is 35.4 Å². The first kappa shape index (κ1) is 18.1. The van der Waals surface area contributed by atoms with Gasteiger partial charge in [-0.25, -0.2) is 8.78 Å². The van der Waals surface area contributed by atoms with Gasteiger partial charge >= 0.3 is 11.9 Å². The van der Waals surface area contributed by atoms with E-state index in [9.17, 15) is 18.4 Å². The summed E-state index contributed by atoms with van der Waals surface area (Å²) in [4.78, 5) is 22.9. The Hall–Kier alpha value is -1.98. The molecular weight excluding hydrogens is 294 g/mol. The maximum atomic E-state index is 13.5. The number of carbonyl (C=O) groups excluding carboxylic acids is 2. The van der Waals surface area contributed by atoms with Crippen molar-refractivity contribution < 1.29 is 27.8 Å². The molecule has 1 atom stereocenters. The lowest BCUT2D eigenvalue weighted by Gasteiger charge is -2.15. The van der Waals surface area contributed by atoms with Crippen molar-refractivity contribution in [3.63, 3.8) is 0 Å². The fourth-order valence-electron chi connectivity index (χ4n) is 1.88. The van der Waals surface area contributed by atoms with E-state index >= 15 is 0 Å². The van der Waals surface area contributed by atoms with Gasteiger partial charge in [0.1, 0.15) is 17.7 Å². The zero-order chi connectivity index (χ0) is 16.5. The van der Waals surface area contributed by atoms with Crippen LogP contribution in [0.2, 0.25) is 0 Å². The third-order valence-corrected chi connectivity index (χ3v) is 2.94. The second kappa shape index (κ2) is 9.12. The smallest absolute Gasteiger partial charge is 0.306 e. The predicted octanol–water partition coefficient (Wildman–Crippen LogP) is 3.69. The van der Waals surface area contributed by atoms with Gasteiger partial charge in [0.15, 0.2) is 0 Å². The quantitative estimate of drug-likeness (QED) is 0.687. The van der Waals surface area contributed by atoms with Crippen LogP contribution in [0, 0.1) is 11.6 Å². The lowest BCUT2D eigenvalue weighted by molar-refractivity contribution is -0.149. The van der Waals surface area contributed by atoms with Gasteiger partial charge in [0.05, 0.1) is 12.2 Å². The van der Waals surface area contributed by atoms with E-state index in [1.165, 1.54) is 13.0 Å². The van der Waals surface area contributed by atoms with Crippen molar-refractivity contribution >= 4 is 11.9 Å². The van der Waals surface area contributed by atoms with Crippen LogP contribution in [0.1, 0.15) is 51.2 Å². The highest BCUT2D eigenvalue weighted by Gasteiger charge is 2.19. The number of rotatable bonds is 8. The van der Waals surface area contributed by atoms with Gasteiger partial charge in [-0.3, -0.25) is 9.59 Å².